The molecule has 0 radical (unpaired) electrons. The van der Waals surface area contributed by atoms with E-state index in [4.69, 9.17) is 80.0 Å². The van der Waals surface area contributed by atoms with E-state index in [1.165, 1.54) is 52.8 Å². The number of carbonyl (C=O) groups is 6. The molecule has 6 aromatic carbocycles. The van der Waals surface area contributed by atoms with Crippen molar-refractivity contribution in [1.82, 2.24) is 32.9 Å². The molecule has 6 atom stereocenters. The first-order chi connectivity index (χ1) is 46.6. The standard InChI is InChI=1S/C12H14F3NO3.3C11H14ClNO3.C11H13F2NO3.C11H14FNO3/c1-7-3-4-9(10(5-7)12(13,14)15)11(18)16-19-6-8(2)17;3*1-7-3-4-9(10(12)5-7)11(15)13-16-6-8(2)14;1-6-3-8(12)10(9(13)4-6)11(16)14-17-5-7(2)15;1-7-3-4-9(10(12)5-7)11(15)13-16-6-8(2)14/h3-5,8,17H,6H2,1-2H3,(H,16,18);3*3-5,8,14H,6H2,1-2H3,(H,13,15);3-4,7,15H,5H2,1-2H3,(H,14,16);3-5,8,14H,6H2,1-2H3,(H,13,15)/t;2*8-;;;/m.10.../s1. The average molecular weight is 1480 g/mol. The summed E-state index contributed by atoms with van der Waals surface area (Å²) in [5.41, 5.74) is 15.5. The molecule has 0 fully saturated rings. The molecule has 24 nitrogen and oxygen atoms in total. The van der Waals surface area contributed by atoms with Crippen molar-refractivity contribution in [3.8, 4) is 0 Å². The van der Waals surface area contributed by atoms with E-state index in [9.17, 15) is 55.1 Å². The fourth-order valence-electron chi connectivity index (χ4n) is 6.92. The number of hydrogen-bond acceptors (Lipinski definition) is 18. The van der Waals surface area contributed by atoms with Crippen molar-refractivity contribution in [3.63, 3.8) is 0 Å². The number of alkyl halides is 3. The fraction of sp³-hybridized carbons (Fsp3) is 0.373. The molecule has 6 rings (SSSR count). The Balaban J connectivity index is 0.000000601. The van der Waals surface area contributed by atoms with Crippen LogP contribution >= 0.6 is 34.8 Å². The van der Waals surface area contributed by atoms with Crippen molar-refractivity contribution in [3.05, 3.63) is 208 Å². The van der Waals surface area contributed by atoms with E-state index < -0.39 is 112 Å². The topological polar surface area (TPSA) is 351 Å². The van der Waals surface area contributed by atoms with Gasteiger partial charge in [0.15, 0.2) is 0 Å². The summed E-state index contributed by atoms with van der Waals surface area (Å²) < 4.78 is 78.3. The van der Waals surface area contributed by atoms with Gasteiger partial charge in [-0.05, 0) is 184 Å². The molecular weight excluding hydrogens is 1400 g/mol. The van der Waals surface area contributed by atoms with Crippen LogP contribution in [0.3, 0.4) is 0 Å². The van der Waals surface area contributed by atoms with Gasteiger partial charge in [0.25, 0.3) is 35.4 Å². The summed E-state index contributed by atoms with van der Waals surface area (Å²) >= 11 is 17.7. The van der Waals surface area contributed by atoms with Crippen LogP contribution in [-0.4, -0.2) is 142 Å². The zero-order chi connectivity index (χ0) is 76.1. The number of aliphatic hydroxyl groups excluding tert-OH is 6. The lowest BCUT2D eigenvalue weighted by Crippen LogP contribution is -2.29. The van der Waals surface area contributed by atoms with Crippen molar-refractivity contribution in [2.75, 3.05) is 39.6 Å². The Labute approximate surface area is 588 Å². The Hall–Kier alpha value is -7.89. The Morgan fingerprint density at radius 2 is 0.560 bits per heavy atom. The normalized spacial score (nSPS) is 12.4. The van der Waals surface area contributed by atoms with Gasteiger partial charge in [0.05, 0.1) is 85.1 Å². The largest absolute Gasteiger partial charge is 0.417 e. The van der Waals surface area contributed by atoms with Gasteiger partial charge in [-0.15, -0.1) is 0 Å². The lowest BCUT2D eigenvalue weighted by atomic mass is 10.0. The summed E-state index contributed by atoms with van der Waals surface area (Å²) in [6.45, 7) is 19.1. The van der Waals surface area contributed by atoms with Crippen LogP contribution in [0.4, 0.5) is 26.3 Å². The number of aryl methyl sites for hydroxylation is 6. The second-order valence-corrected chi connectivity index (χ2v) is 23.4. The summed E-state index contributed by atoms with van der Waals surface area (Å²) in [5, 5.41) is 54.5. The van der Waals surface area contributed by atoms with Crippen LogP contribution in [-0.2, 0) is 35.2 Å². The van der Waals surface area contributed by atoms with Gasteiger partial charge in [-0.25, -0.2) is 46.1 Å². The van der Waals surface area contributed by atoms with E-state index in [1.54, 1.807) is 88.4 Å². The number of aliphatic hydroxyl groups is 6. The van der Waals surface area contributed by atoms with Crippen LogP contribution in [0.25, 0.3) is 0 Å². The molecule has 0 bridgehead atoms. The molecule has 0 spiro atoms. The number of halogens is 9. The van der Waals surface area contributed by atoms with Crippen LogP contribution in [0.15, 0.2) is 103 Å². The maximum absolute atomic E-state index is 13.3. The zero-order valence-electron chi connectivity index (χ0n) is 56.5. The molecule has 0 saturated heterocycles. The SMILES string of the molecule is Cc1cc(F)c(C(=O)NOCC(C)O)c(F)c1.Cc1ccc(C(=O)NOCC(C)O)c(C(F)(F)F)c1.Cc1ccc(C(=O)NOCC(C)O)c(Cl)c1.Cc1ccc(C(=O)NOCC(C)O)c(F)c1.Cc1ccc(C(=O)NOC[C@@H](C)O)c(Cl)c1.Cc1ccc(C(=O)NOC[C@H](C)O)c(Cl)c1. The first-order valence-electron chi connectivity index (χ1n) is 29.9. The molecule has 33 heteroatoms. The van der Waals surface area contributed by atoms with E-state index in [-0.39, 0.29) is 45.2 Å². The monoisotopic (exact) mass is 1480 g/mol. The second-order valence-electron chi connectivity index (χ2n) is 22.1. The number of carbonyl (C=O) groups excluding carboxylic acids is 6. The van der Waals surface area contributed by atoms with Crippen LogP contribution in [0.5, 0.6) is 0 Å². The molecule has 0 heterocycles. The molecule has 6 aromatic rings. The number of hydroxylamine groups is 6. The van der Waals surface area contributed by atoms with Gasteiger partial charge in [-0.3, -0.25) is 57.8 Å². The average Bonchev–Trinajstić information content (AvgIpc) is 0.829. The lowest BCUT2D eigenvalue weighted by molar-refractivity contribution is -0.138. The third-order valence-corrected chi connectivity index (χ3v) is 12.5. The molecule has 0 aliphatic rings. The maximum atomic E-state index is 13.3. The zero-order valence-corrected chi connectivity index (χ0v) is 58.8. The molecule has 12 N–H and O–H groups in total. The Morgan fingerprint density at radius 1 is 0.340 bits per heavy atom. The number of amides is 6. The highest BCUT2D eigenvalue weighted by Crippen LogP contribution is 2.33. The van der Waals surface area contributed by atoms with Gasteiger partial charge < -0.3 is 30.6 Å². The first-order valence-corrected chi connectivity index (χ1v) is 31.1. The number of benzene rings is 6. The molecular formula is C67H83Cl3F6N6O18. The minimum Gasteiger partial charge on any atom is -0.391 e. The number of nitrogens with one attached hydrogen (secondary N) is 6. The van der Waals surface area contributed by atoms with Gasteiger partial charge in [0.1, 0.15) is 62.7 Å². The molecule has 6 amide bonds. The molecule has 0 aromatic heterocycles. The van der Waals surface area contributed by atoms with Crippen molar-refractivity contribution < 1.29 is 115 Å². The summed E-state index contributed by atoms with van der Waals surface area (Å²) in [4.78, 5) is 97.2. The predicted octanol–water partition coefficient (Wildman–Crippen LogP) is 9.62. The smallest absolute Gasteiger partial charge is 0.391 e. The highest BCUT2D eigenvalue weighted by molar-refractivity contribution is 6.34. The molecule has 100 heavy (non-hydrogen) atoms. The molecule has 0 aliphatic heterocycles. The van der Waals surface area contributed by atoms with Gasteiger partial charge in [-0.2, -0.15) is 13.2 Å². The van der Waals surface area contributed by atoms with E-state index in [1.807, 2.05) is 31.7 Å². The van der Waals surface area contributed by atoms with E-state index >= 15 is 0 Å². The Kier molecular flexibility index (Phi) is 41.9. The Bertz CT molecular complexity index is 3270. The fourth-order valence-corrected chi connectivity index (χ4v) is 7.88. The molecule has 0 aliphatic carbocycles. The first kappa shape index (κ1) is 90.1. The minimum absolute atomic E-state index is 0.0369. The second kappa shape index (κ2) is 46.5. The highest BCUT2D eigenvalue weighted by Gasteiger charge is 2.35. The van der Waals surface area contributed by atoms with Gasteiger partial charge in [0.2, 0.25) is 0 Å². The van der Waals surface area contributed by atoms with Crippen molar-refractivity contribution in [2.24, 2.45) is 0 Å². The van der Waals surface area contributed by atoms with Gasteiger partial charge in [-0.1, -0.05) is 70.7 Å². The summed E-state index contributed by atoms with van der Waals surface area (Å²) in [5.74, 6) is -6.49. The van der Waals surface area contributed by atoms with Crippen molar-refractivity contribution in [2.45, 2.75) is 126 Å². The summed E-state index contributed by atoms with van der Waals surface area (Å²) in [7, 11) is 0. The summed E-state index contributed by atoms with van der Waals surface area (Å²) in [6.07, 6.45) is -8.83. The minimum atomic E-state index is -4.62. The molecule has 0 saturated carbocycles. The number of rotatable bonds is 24. The van der Waals surface area contributed by atoms with E-state index in [0.717, 1.165) is 46.5 Å². The number of hydrogen-bond donors (Lipinski definition) is 12. The molecule has 552 valence electrons. The third kappa shape index (κ3) is 37.0. The van der Waals surface area contributed by atoms with E-state index in [0.29, 0.717) is 42.9 Å². The predicted molar refractivity (Wildman–Crippen MR) is 358 cm³/mol. The summed E-state index contributed by atoms with van der Waals surface area (Å²) in [6, 6.07) is 25.1. The van der Waals surface area contributed by atoms with Crippen LogP contribution in [0.1, 0.15) is 143 Å². The highest BCUT2D eigenvalue weighted by atomic mass is 35.5. The van der Waals surface area contributed by atoms with Crippen LogP contribution in [0, 0.1) is 59.0 Å². The molecule has 4 unspecified atom stereocenters. The van der Waals surface area contributed by atoms with Crippen LogP contribution < -0.4 is 32.9 Å². The van der Waals surface area contributed by atoms with Crippen molar-refractivity contribution >= 4 is 70.2 Å². The quantitative estimate of drug-likeness (QED) is 0.0198. The third-order valence-electron chi connectivity index (χ3n) is 11.6. The Morgan fingerprint density at radius 3 is 0.820 bits per heavy atom. The maximum Gasteiger partial charge on any atom is 0.417 e. The van der Waals surface area contributed by atoms with Crippen molar-refractivity contribution in [1.29, 1.82) is 0 Å². The van der Waals surface area contributed by atoms with Gasteiger partial charge in [0, 0.05) is 0 Å². The van der Waals surface area contributed by atoms with E-state index in [2.05, 4.69) is 36.4 Å². The van der Waals surface area contributed by atoms with Gasteiger partial charge >= 0.3 is 6.18 Å². The van der Waals surface area contributed by atoms with Crippen LogP contribution in [0.2, 0.25) is 15.1 Å². The lowest BCUT2D eigenvalue weighted by Gasteiger charge is -2.14.